The summed E-state index contributed by atoms with van der Waals surface area (Å²) in [7, 11) is 0. The molecule has 0 unspecified atom stereocenters. The molecule has 2 heterocycles. The minimum absolute atomic E-state index is 0.245. The number of carbonyl (C=O) groups excluding carboxylic acids is 1. The molecule has 0 radical (unpaired) electrons. The fraction of sp³-hybridized carbons (Fsp3) is 0.615. The topological polar surface area (TPSA) is 58.6 Å². The van der Waals surface area contributed by atoms with Gasteiger partial charge < -0.3 is 14.5 Å². The Morgan fingerprint density at radius 3 is 2.35 bits per heavy atom. The van der Waals surface area contributed by atoms with E-state index in [0.717, 1.165) is 22.6 Å². The van der Waals surface area contributed by atoms with E-state index in [0.29, 0.717) is 13.1 Å². The number of nitrogens with zero attached hydrogens (tertiary/aromatic N) is 4. The molecule has 1 aromatic rings. The van der Waals surface area contributed by atoms with Crippen LogP contribution in [0.4, 0.5) is 10.6 Å². The summed E-state index contributed by atoms with van der Waals surface area (Å²) in [6.45, 7) is 8.40. The molecule has 0 atom stereocenters. The van der Waals surface area contributed by atoms with E-state index < -0.39 is 5.60 Å². The van der Waals surface area contributed by atoms with Gasteiger partial charge in [0, 0.05) is 26.2 Å². The summed E-state index contributed by atoms with van der Waals surface area (Å²) in [6.07, 6.45) is -0.245. The average molecular weight is 390 g/mol. The number of hydrogen-bond donors (Lipinski definition) is 0. The standard InChI is InChI=1S/C13H19IN4O2/c1-13(2,3)20-12(19)18-8-6-17(7-9-18)11-5-4-10(14)15-16-11/h4-5H,6-9H2,1-3H3. The van der Waals surface area contributed by atoms with Gasteiger partial charge in [0.1, 0.15) is 9.30 Å². The van der Waals surface area contributed by atoms with Crippen LogP contribution < -0.4 is 4.90 Å². The Morgan fingerprint density at radius 2 is 1.85 bits per heavy atom. The van der Waals surface area contributed by atoms with Crippen LogP contribution in [0.5, 0.6) is 0 Å². The number of hydrogen-bond acceptors (Lipinski definition) is 5. The first-order valence-corrected chi connectivity index (χ1v) is 7.65. The van der Waals surface area contributed by atoms with Gasteiger partial charge in [-0.2, -0.15) is 0 Å². The Labute approximate surface area is 132 Å². The lowest BCUT2D eigenvalue weighted by molar-refractivity contribution is 0.0240. The molecule has 20 heavy (non-hydrogen) atoms. The van der Waals surface area contributed by atoms with Crippen molar-refractivity contribution in [2.24, 2.45) is 0 Å². The Balaban J connectivity index is 1.89. The van der Waals surface area contributed by atoms with Crippen molar-refractivity contribution in [2.45, 2.75) is 26.4 Å². The van der Waals surface area contributed by atoms with E-state index in [4.69, 9.17) is 4.74 Å². The van der Waals surface area contributed by atoms with Crippen molar-refractivity contribution >= 4 is 34.5 Å². The SMILES string of the molecule is CC(C)(C)OC(=O)N1CCN(c2ccc(I)nn2)CC1. The highest BCUT2D eigenvalue weighted by Crippen LogP contribution is 2.15. The molecule has 1 aliphatic heterocycles. The first-order valence-electron chi connectivity index (χ1n) is 6.57. The van der Waals surface area contributed by atoms with Crippen LogP contribution in [0.3, 0.4) is 0 Å². The van der Waals surface area contributed by atoms with Gasteiger partial charge in [0.25, 0.3) is 0 Å². The third kappa shape index (κ3) is 4.19. The normalized spacial score (nSPS) is 16.2. The fourth-order valence-electron chi connectivity index (χ4n) is 1.92. The Hall–Kier alpha value is -1.12. The highest BCUT2D eigenvalue weighted by molar-refractivity contribution is 14.1. The minimum atomic E-state index is -0.449. The lowest BCUT2D eigenvalue weighted by atomic mass is 10.2. The molecule has 6 nitrogen and oxygen atoms in total. The number of piperazine rings is 1. The number of anilines is 1. The molecule has 0 N–H and O–H groups in total. The van der Waals surface area contributed by atoms with Crippen LogP contribution in [0.2, 0.25) is 0 Å². The number of aromatic nitrogens is 2. The maximum Gasteiger partial charge on any atom is 0.410 e. The van der Waals surface area contributed by atoms with Crippen LogP contribution in [-0.4, -0.2) is 53.0 Å². The molecule has 7 heteroatoms. The van der Waals surface area contributed by atoms with Crippen molar-refractivity contribution in [2.75, 3.05) is 31.1 Å². The van der Waals surface area contributed by atoms with E-state index in [1.807, 2.05) is 32.9 Å². The van der Waals surface area contributed by atoms with Crippen LogP contribution in [0.1, 0.15) is 20.8 Å². The predicted octanol–water partition coefficient (Wildman–Crippen LogP) is 2.14. The summed E-state index contributed by atoms with van der Waals surface area (Å²) in [6, 6.07) is 3.89. The van der Waals surface area contributed by atoms with Crippen molar-refractivity contribution < 1.29 is 9.53 Å². The summed E-state index contributed by atoms with van der Waals surface area (Å²) in [4.78, 5) is 15.8. The van der Waals surface area contributed by atoms with Crippen molar-refractivity contribution in [3.63, 3.8) is 0 Å². The third-order valence-electron chi connectivity index (χ3n) is 2.87. The van der Waals surface area contributed by atoms with Crippen LogP contribution in [0, 0.1) is 3.70 Å². The zero-order valence-electron chi connectivity index (χ0n) is 12.0. The molecular formula is C13H19IN4O2. The third-order valence-corrected chi connectivity index (χ3v) is 3.45. The highest BCUT2D eigenvalue weighted by Gasteiger charge is 2.26. The first kappa shape index (κ1) is 15.3. The van der Waals surface area contributed by atoms with Gasteiger partial charge in [-0.05, 0) is 55.5 Å². The second-order valence-electron chi connectivity index (χ2n) is 5.67. The van der Waals surface area contributed by atoms with E-state index in [1.165, 1.54) is 0 Å². The van der Waals surface area contributed by atoms with Crippen molar-refractivity contribution in [3.05, 3.63) is 15.8 Å². The van der Waals surface area contributed by atoms with Gasteiger partial charge >= 0.3 is 6.09 Å². The van der Waals surface area contributed by atoms with E-state index in [2.05, 4.69) is 37.7 Å². The zero-order valence-corrected chi connectivity index (χ0v) is 14.1. The molecule has 1 saturated heterocycles. The van der Waals surface area contributed by atoms with Gasteiger partial charge in [-0.25, -0.2) is 4.79 Å². The van der Waals surface area contributed by atoms with Gasteiger partial charge in [0.05, 0.1) is 0 Å². The molecule has 0 aliphatic carbocycles. The largest absolute Gasteiger partial charge is 0.444 e. The summed E-state index contributed by atoms with van der Waals surface area (Å²) in [5.74, 6) is 0.856. The second-order valence-corrected chi connectivity index (χ2v) is 6.77. The van der Waals surface area contributed by atoms with E-state index in [1.54, 1.807) is 4.90 Å². The quantitative estimate of drug-likeness (QED) is 0.688. The van der Waals surface area contributed by atoms with Crippen LogP contribution in [0.15, 0.2) is 12.1 Å². The number of rotatable bonds is 1. The lowest BCUT2D eigenvalue weighted by Gasteiger charge is -2.35. The Bertz CT molecular complexity index is 464. The molecule has 1 aromatic heterocycles. The molecule has 0 aromatic carbocycles. The molecule has 0 saturated carbocycles. The van der Waals surface area contributed by atoms with E-state index >= 15 is 0 Å². The van der Waals surface area contributed by atoms with Gasteiger partial charge in [0.2, 0.25) is 0 Å². The molecule has 0 spiro atoms. The second kappa shape index (κ2) is 6.11. The Morgan fingerprint density at radius 1 is 1.20 bits per heavy atom. The molecule has 1 fully saturated rings. The van der Waals surface area contributed by atoms with Crippen LogP contribution >= 0.6 is 22.6 Å². The maximum absolute atomic E-state index is 12.0. The van der Waals surface area contributed by atoms with Gasteiger partial charge in [0.15, 0.2) is 5.82 Å². The van der Waals surface area contributed by atoms with Crippen molar-refractivity contribution in [3.8, 4) is 0 Å². The summed E-state index contributed by atoms with van der Waals surface area (Å²) >= 11 is 2.13. The molecule has 2 rings (SSSR count). The van der Waals surface area contributed by atoms with Crippen LogP contribution in [-0.2, 0) is 4.74 Å². The number of carbonyl (C=O) groups is 1. The summed E-state index contributed by atoms with van der Waals surface area (Å²) in [5, 5.41) is 8.21. The molecular weight excluding hydrogens is 371 g/mol. The number of ether oxygens (including phenoxy) is 1. The average Bonchev–Trinajstić information content (AvgIpc) is 2.38. The monoisotopic (exact) mass is 390 g/mol. The van der Waals surface area contributed by atoms with Gasteiger partial charge in [-0.3, -0.25) is 0 Å². The summed E-state index contributed by atoms with van der Waals surface area (Å²) in [5.41, 5.74) is -0.449. The van der Waals surface area contributed by atoms with Crippen LogP contribution in [0.25, 0.3) is 0 Å². The Kier molecular flexibility index (Phi) is 4.66. The van der Waals surface area contributed by atoms with Gasteiger partial charge in [-0.1, -0.05) is 0 Å². The molecule has 1 aliphatic rings. The minimum Gasteiger partial charge on any atom is -0.444 e. The fourth-order valence-corrected chi connectivity index (χ4v) is 2.21. The lowest BCUT2D eigenvalue weighted by Crippen LogP contribution is -2.50. The molecule has 110 valence electrons. The number of halogens is 1. The molecule has 0 bridgehead atoms. The smallest absolute Gasteiger partial charge is 0.410 e. The first-order chi connectivity index (χ1) is 9.35. The van der Waals surface area contributed by atoms with E-state index in [9.17, 15) is 4.79 Å². The van der Waals surface area contributed by atoms with Crippen molar-refractivity contribution in [1.29, 1.82) is 0 Å². The zero-order chi connectivity index (χ0) is 14.8. The predicted molar refractivity (Wildman–Crippen MR) is 84.8 cm³/mol. The van der Waals surface area contributed by atoms with Gasteiger partial charge in [-0.15, -0.1) is 10.2 Å². The number of amides is 1. The van der Waals surface area contributed by atoms with E-state index in [-0.39, 0.29) is 6.09 Å². The summed E-state index contributed by atoms with van der Waals surface area (Å²) < 4.78 is 6.25. The maximum atomic E-state index is 12.0. The van der Waals surface area contributed by atoms with Crippen molar-refractivity contribution in [1.82, 2.24) is 15.1 Å². The highest BCUT2D eigenvalue weighted by atomic mass is 127. The molecule has 1 amide bonds.